The fraction of sp³-hybridized carbons (Fsp3) is 0.158. The number of aryl methyl sites for hydroxylation is 1. The Bertz CT molecular complexity index is 1160. The highest BCUT2D eigenvalue weighted by atomic mass is 79.9. The first kappa shape index (κ1) is 22.7. The molecule has 0 bridgehead atoms. The minimum Gasteiger partial charge on any atom is -0.497 e. The molecule has 0 spiro atoms. The van der Waals surface area contributed by atoms with Gasteiger partial charge in [-0.25, -0.2) is 0 Å². The zero-order valence-electron chi connectivity index (χ0n) is 16.6. The first-order valence-corrected chi connectivity index (χ1v) is 9.83. The van der Waals surface area contributed by atoms with Gasteiger partial charge in [0, 0.05) is 18.6 Å². The lowest BCUT2D eigenvalue weighted by atomic mass is 10.2. The molecule has 3 aromatic rings. The van der Waals surface area contributed by atoms with Crippen LogP contribution in [0.4, 0.5) is 17.2 Å². The van der Waals surface area contributed by atoms with E-state index in [1.165, 1.54) is 36.2 Å². The summed E-state index contributed by atoms with van der Waals surface area (Å²) in [6, 6.07) is 10.5. The number of carbonyl (C=O) groups is 1. The maximum Gasteiger partial charge on any atom is 0.404 e. The van der Waals surface area contributed by atoms with Crippen LogP contribution < -0.4 is 14.8 Å². The molecule has 0 radical (unpaired) electrons. The third-order valence-electron chi connectivity index (χ3n) is 4.12. The molecule has 0 atom stereocenters. The van der Waals surface area contributed by atoms with Crippen molar-refractivity contribution in [3.8, 4) is 17.2 Å². The summed E-state index contributed by atoms with van der Waals surface area (Å²) in [5.41, 5.74) is -0.0988. The van der Waals surface area contributed by atoms with Crippen molar-refractivity contribution in [2.45, 2.75) is 13.0 Å². The van der Waals surface area contributed by atoms with Crippen molar-refractivity contribution in [2.24, 2.45) is 0 Å². The molecule has 0 aliphatic rings. The Kier molecular flexibility index (Phi) is 7.00. The number of anilines is 1. The number of halogens is 1. The second kappa shape index (κ2) is 9.87. The zero-order chi connectivity index (χ0) is 23.3. The number of benzene rings is 2. The Morgan fingerprint density at radius 3 is 2.38 bits per heavy atom. The molecule has 0 aliphatic heterocycles. The van der Waals surface area contributed by atoms with Gasteiger partial charge in [-0.15, -0.1) is 0 Å². The van der Waals surface area contributed by atoms with E-state index in [1.54, 1.807) is 24.3 Å². The second-order valence-corrected chi connectivity index (χ2v) is 7.22. The van der Waals surface area contributed by atoms with E-state index in [1.807, 2.05) is 0 Å². The summed E-state index contributed by atoms with van der Waals surface area (Å²) < 4.78 is 12.2. The molecule has 0 fully saturated rings. The van der Waals surface area contributed by atoms with E-state index in [4.69, 9.17) is 9.47 Å². The third-order valence-corrected chi connectivity index (χ3v) is 4.68. The Hall–Kier alpha value is -4.00. The van der Waals surface area contributed by atoms with Gasteiger partial charge in [0.1, 0.15) is 21.7 Å². The first-order chi connectivity index (χ1) is 15.2. The normalized spacial score (nSPS) is 10.4. The number of hydrogen-bond donors (Lipinski definition) is 1. The number of nitro groups is 2. The lowest BCUT2D eigenvalue weighted by Crippen LogP contribution is -2.15. The SMILES string of the molecule is COc1ccc(Oc2cc(NC(=O)CCn3cc(Br)c([N+](=O)[O-])n3)cc([N+](=O)[O-])c2)cc1. The number of rotatable bonds is 9. The molecule has 0 saturated carbocycles. The van der Waals surface area contributed by atoms with Gasteiger partial charge < -0.3 is 24.9 Å². The number of non-ortho nitro benzene ring substituents is 1. The number of hydrogen-bond acceptors (Lipinski definition) is 8. The summed E-state index contributed by atoms with van der Waals surface area (Å²) in [5, 5.41) is 28.5. The van der Waals surface area contributed by atoms with Crippen molar-refractivity contribution < 1.29 is 24.1 Å². The van der Waals surface area contributed by atoms with Crippen molar-refractivity contribution in [3.63, 3.8) is 0 Å². The highest BCUT2D eigenvalue weighted by molar-refractivity contribution is 9.10. The van der Waals surface area contributed by atoms with Crippen LogP contribution in [0.1, 0.15) is 6.42 Å². The average molecular weight is 506 g/mol. The van der Waals surface area contributed by atoms with Crippen molar-refractivity contribution in [1.29, 1.82) is 0 Å². The van der Waals surface area contributed by atoms with Gasteiger partial charge in [0.15, 0.2) is 0 Å². The molecule has 2 aromatic carbocycles. The molecule has 32 heavy (non-hydrogen) atoms. The number of methoxy groups -OCH3 is 1. The largest absolute Gasteiger partial charge is 0.497 e. The Morgan fingerprint density at radius 1 is 1.09 bits per heavy atom. The van der Waals surface area contributed by atoms with Gasteiger partial charge >= 0.3 is 5.82 Å². The number of nitro benzene ring substituents is 1. The van der Waals surface area contributed by atoms with E-state index < -0.39 is 15.8 Å². The molecular formula is C19H16BrN5O7. The van der Waals surface area contributed by atoms with Gasteiger partial charge in [-0.1, -0.05) is 0 Å². The minimum absolute atomic E-state index is 0.0668. The quantitative estimate of drug-likeness (QED) is 0.333. The van der Waals surface area contributed by atoms with Gasteiger partial charge in [0.25, 0.3) is 5.69 Å². The molecule has 0 saturated heterocycles. The van der Waals surface area contributed by atoms with Crippen LogP contribution in [0.25, 0.3) is 0 Å². The highest BCUT2D eigenvalue weighted by Gasteiger charge is 2.19. The molecule has 1 aromatic heterocycles. The van der Waals surface area contributed by atoms with Crippen LogP contribution in [-0.2, 0) is 11.3 Å². The molecule has 0 unspecified atom stereocenters. The van der Waals surface area contributed by atoms with Crippen LogP contribution in [0, 0.1) is 20.2 Å². The number of nitrogens with one attached hydrogen (secondary N) is 1. The lowest BCUT2D eigenvalue weighted by molar-refractivity contribution is -0.390. The predicted molar refractivity (Wildman–Crippen MR) is 116 cm³/mol. The number of ether oxygens (including phenoxy) is 2. The van der Waals surface area contributed by atoms with Gasteiger partial charge in [0.05, 0.1) is 41.6 Å². The van der Waals surface area contributed by atoms with Gasteiger partial charge in [-0.3, -0.25) is 14.9 Å². The van der Waals surface area contributed by atoms with E-state index in [2.05, 4.69) is 26.3 Å². The van der Waals surface area contributed by atoms with Crippen molar-refractivity contribution >= 4 is 39.0 Å². The van der Waals surface area contributed by atoms with Gasteiger partial charge in [-0.05, 0) is 45.1 Å². The fourth-order valence-electron chi connectivity index (χ4n) is 2.66. The maximum absolute atomic E-state index is 12.3. The standard InChI is InChI=1S/C19H16BrN5O7/c1-31-14-2-4-15(5-3-14)32-16-9-12(8-13(10-16)24(27)28)21-18(26)6-7-23-11-17(20)19(22-23)25(29)30/h2-5,8-11H,6-7H2,1H3,(H,21,26). The Morgan fingerprint density at radius 2 is 1.78 bits per heavy atom. The van der Waals surface area contributed by atoms with Crippen LogP contribution in [0.5, 0.6) is 17.2 Å². The van der Waals surface area contributed by atoms with Crippen LogP contribution in [-0.4, -0.2) is 32.6 Å². The van der Waals surface area contributed by atoms with Gasteiger partial charge in [0.2, 0.25) is 5.91 Å². The summed E-state index contributed by atoms with van der Waals surface area (Å²) in [6.45, 7) is 0.0718. The van der Waals surface area contributed by atoms with Crippen LogP contribution >= 0.6 is 15.9 Å². The molecule has 166 valence electrons. The van der Waals surface area contributed by atoms with E-state index in [-0.39, 0.29) is 40.4 Å². The zero-order valence-corrected chi connectivity index (χ0v) is 18.1. The first-order valence-electron chi connectivity index (χ1n) is 9.03. The summed E-state index contributed by atoms with van der Waals surface area (Å²) in [7, 11) is 1.53. The van der Waals surface area contributed by atoms with E-state index >= 15 is 0 Å². The maximum atomic E-state index is 12.3. The summed E-state index contributed by atoms with van der Waals surface area (Å²) in [6.07, 6.45) is 1.32. The second-order valence-electron chi connectivity index (χ2n) is 6.37. The third kappa shape index (κ3) is 5.78. The molecule has 13 heteroatoms. The number of aromatic nitrogens is 2. The van der Waals surface area contributed by atoms with E-state index in [0.717, 1.165) is 0 Å². The number of amides is 1. The fourth-order valence-corrected chi connectivity index (χ4v) is 3.12. The lowest BCUT2D eigenvalue weighted by Gasteiger charge is -2.10. The van der Waals surface area contributed by atoms with Crippen molar-refractivity contribution in [2.75, 3.05) is 12.4 Å². The molecule has 1 heterocycles. The molecule has 1 amide bonds. The number of nitrogens with zero attached hydrogens (tertiary/aromatic N) is 4. The molecule has 12 nitrogen and oxygen atoms in total. The highest BCUT2D eigenvalue weighted by Crippen LogP contribution is 2.30. The smallest absolute Gasteiger partial charge is 0.404 e. The summed E-state index contributed by atoms with van der Waals surface area (Å²) in [5.74, 6) is 0.388. The van der Waals surface area contributed by atoms with Crippen LogP contribution in [0.15, 0.2) is 53.1 Å². The average Bonchev–Trinajstić information content (AvgIpc) is 3.13. The van der Waals surface area contributed by atoms with Gasteiger partial charge in [-0.2, -0.15) is 4.68 Å². The monoisotopic (exact) mass is 505 g/mol. The van der Waals surface area contributed by atoms with Crippen LogP contribution in [0.3, 0.4) is 0 Å². The van der Waals surface area contributed by atoms with Crippen molar-refractivity contribution in [3.05, 3.63) is 73.4 Å². The molecule has 0 aliphatic carbocycles. The molecule has 1 N–H and O–H groups in total. The molecular weight excluding hydrogens is 490 g/mol. The van der Waals surface area contributed by atoms with Crippen LogP contribution in [0.2, 0.25) is 0 Å². The van der Waals surface area contributed by atoms with Crippen molar-refractivity contribution in [1.82, 2.24) is 9.78 Å². The number of carbonyl (C=O) groups excluding carboxylic acids is 1. The minimum atomic E-state index is -0.645. The summed E-state index contributed by atoms with van der Waals surface area (Å²) in [4.78, 5) is 33.2. The Balaban J connectivity index is 1.70. The predicted octanol–water partition coefficient (Wildman–Crippen LogP) is 4.29. The van der Waals surface area contributed by atoms with E-state index in [0.29, 0.717) is 11.5 Å². The molecule has 3 rings (SSSR count). The Labute approximate surface area is 189 Å². The van der Waals surface area contributed by atoms with E-state index in [9.17, 15) is 25.0 Å². The summed E-state index contributed by atoms with van der Waals surface area (Å²) >= 11 is 3.03. The topological polar surface area (TPSA) is 152 Å².